The second kappa shape index (κ2) is 10.7. The molecule has 1 aliphatic carbocycles. The van der Waals surface area contributed by atoms with E-state index in [9.17, 15) is 9.59 Å². The maximum atomic E-state index is 13.5. The number of Topliss-reactive ketones (excluding diaryl/α,β-unsaturated/α-hetero) is 1. The third kappa shape index (κ3) is 5.38. The number of benzene rings is 3. The van der Waals surface area contributed by atoms with Gasteiger partial charge in [0.05, 0.1) is 25.2 Å². The number of carbonyl (C=O) groups is 2. The van der Waals surface area contributed by atoms with Gasteiger partial charge in [-0.15, -0.1) is 0 Å². The Morgan fingerprint density at radius 2 is 1.78 bits per heavy atom. The van der Waals surface area contributed by atoms with Crippen LogP contribution in [0.4, 0.5) is 0 Å². The van der Waals surface area contributed by atoms with E-state index >= 15 is 0 Å². The molecule has 0 atom stereocenters. The molecule has 1 fully saturated rings. The minimum Gasteiger partial charge on any atom is -0.454 e. The van der Waals surface area contributed by atoms with Crippen molar-refractivity contribution < 1.29 is 31.8 Å². The zero-order valence-electron chi connectivity index (χ0n) is 20.9. The summed E-state index contributed by atoms with van der Waals surface area (Å²) < 4.78 is 16.1. The summed E-state index contributed by atoms with van der Waals surface area (Å²) in [4.78, 5) is 25.8. The van der Waals surface area contributed by atoms with Crippen molar-refractivity contribution in [3.05, 3.63) is 82.9 Å². The van der Waals surface area contributed by atoms with Crippen molar-refractivity contribution in [2.75, 3.05) is 33.2 Å². The standard InChI is InChI=1S/C30H31NO6.2H2/c1-20-2-3-21(17-28(33)30(10-11-30)24-8-9-26-27(18-24)37-19-36-26)16-25(20)22-4-6-23(7-5-22)29(34)31-12-14-35-15-13-32;;/h2-9,16,18,32H,10-15,17,19H2,1H3,(H,31,34);2*1H. The lowest BCUT2D eigenvalue weighted by molar-refractivity contribution is -0.120. The summed E-state index contributed by atoms with van der Waals surface area (Å²) in [7, 11) is 0. The first-order chi connectivity index (χ1) is 18.0. The predicted molar refractivity (Wildman–Crippen MR) is 143 cm³/mol. The van der Waals surface area contributed by atoms with Crippen LogP contribution in [0.1, 0.15) is 42.7 Å². The number of rotatable bonds is 11. The SMILES string of the molecule is Cc1ccc(CC(=O)C2(c3ccc4c(c3)OCO4)CC2)cc1-c1ccc(C(=O)NCCOCCO)cc1.[HH].[HH]. The number of aryl methyl sites for hydroxylation is 1. The van der Waals surface area contributed by atoms with Crippen molar-refractivity contribution in [3.8, 4) is 22.6 Å². The number of hydrogen-bond donors (Lipinski definition) is 2. The Kier molecular flexibility index (Phi) is 7.26. The maximum Gasteiger partial charge on any atom is 0.251 e. The van der Waals surface area contributed by atoms with Crippen LogP contribution < -0.4 is 14.8 Å². The van der Waals surface area contributed by atoms with E-state index in [0.29, 0.717) is 30.9 Å². The van der Waals surface area contributed by atoms with Gasteiger partial charge in [0, 0.05) is 21.4 Å². The van der Waals surface area contributed by atoms with Crippen LogP contribution in [-0.2, 0) is 21.4 Å². The van der Waals surface area contributed by atoms with Crippen LogP contribution in [0.15, 0.2) is 60.7 Å². The van der Waals surface area contributed by atoms with Crippen LogP contribution in [-0.4, -0.2) is 50.0 Å². The molecule has 0 radical (unpaired) electrons. The van der Waals surface area contributed by atoms with Gasteiger partial charge in [0.25, 0.3) is 5.91 Å². The zero-order chi connectivity index (χ0) is 25.8. The number of amides is 1. The van der Waals surface area contributed by atoms with Gasteiger partial charge in [-0.2, -0.15) is 0 Å². The van der Waals surface area contributed by atoms with E-state index in [2.05, 4.69) is 11.4 Å². The Labute approximate surface area is 219 Å². The van der Waals surface area contributed by atoms with Crippen molar-refractivity contribution in [2.45, 2.75) is 31.6 Å². The molecule has 5 rings (SSSR count). The minimum absolute atomic E-state index is 0. The highest BCUT2D eigenvalue weighted by atomic mass is 16.7. The van der Waals surface area contributed by atoms with E-state index in [-0.39, 0.29) is 34.6 Å². The molecule has 2 N–H and O–H groups in total. The predicted octanol–water partition coefficient (Wildman–Crippen LogP) is 4.46. The van der Waals surface area contributed by atoms with Gasteiger partial charge < -0.3 is 24.6 Å². The van der Waals surface area contributed by atoms with Crippen LogP contribution in [0.25, 0.3) is 11.1 Å². The fourth-order valence-electron chi connectivity index (χ4n) is 4.80. The van der Waals surface area contributed by atoms with Crippen LogP contribution in [0.5, 0.6) is 11.5 Å². The van der Waals surface area contributed by atoms with Gasteiger partial charge in [0.1, 0.15) is 5.78 Å². The summed E-state index contributed by atoms with van der Waals surface area (Å²) in [6.45, 7) is 3.22. The van der Waals surface area contributed by atoms with E-state index in [0.717, 1.165) is 46.4 Å². The normalized spacial score (nSPS) is 14.9. The van der Waals surface area contributed by atoms with Crippen LogP contribution in [0.3, 0.4) is 0 Å². The molecule has 37 heavy (non-hydrogen) atoms. The molecule has 1 heterocycles. The van der Waals surface area contributed by atoms with Gasteiger partial charge in [-0.1, -0.05) is 36.4 Å². The highest BCUT2D eigenvalue weighted by molar-refractivity contribution is 5.95. The second-order valence-electron chi connectivity index (χ2n) is 9.57. The molecule has 0 saturated heterocycles. The lowest BCUT2D eigenvalue weighted by atomic mass is 9.87. The highest BCUT2D eigenvalue weighted by Gasteiger charge is 2.50. The minimum atomic E-state index is -0.440. The largest absolute Gasteiger partial charge is 0.454 e. The Morgan fingerprint density at radius 1 is 1.00 bits per heavy atom. The van der Waals surface area contributed by atoms with Crippen LogP contribution in [0.2, 0.25) is 0 Å². The number of fused-ring (bicyclic) bond motifs is 1. The quantitative estimate of drug-likeness (QED) is 0.374. The molecule has 2 aliphatic rings. The number of nitrogens with one attached hydrogen (secondary N) is 1. The maximum absolute atomic E-state index is 13.5. The van der Waals surface area contributed by atoms with Gasteiger partial charge in [-0.05, 0) is 71.8 Å². The first kappa shape index (κ1) is 25.0. The van der Waals surface area contributed by atoms with Crippen molar-refractivity contribution in [3.63, 3.8) is 0 Å². The molecule has 7 heteroatoms. The lowest BCUT2D eigenvalue weighted by Crippen LogP contribution is -2.27. The summed E-state index contributed by atoms with van der Waals surface area (Å²) in [5, 5.41) is 11.5. The summed E-state index contributed by atoms with van der Waals surface area (Å²) in [6.07, 6.45) is 2.06. The van der Waals surface area contributed by atoms with Gasteiger partial charge >= 0.3 is 0 Å². The Bertz CT molecular complexity index is 1310. The Morgan fingerprint density at radius 3 is 2.54 bits per heavy atom. The Hall–Kier alpha value is -3.68. The third-order valence-electron chi connectivity index (χ3n) is 7.10. The molecule has 0 unspecified atom stereocenters. The van der Waals surface area contributed by atoms with Gasteiger partial charge in [0.2, 0.25) is 6.79 Å². The lowest BCUT2D eigenvalue weighted by Gasteiger charge is -2.16. The molecule has 196 valence electrons. The van der Waals surface area contributed by atoms with Gasteiger partial charge in [0.15, 0.2) is 11.5 Å². The van der Waals surface area contributed by atoms with Crippen molar-refractivity contribution >= 4 is 11.7 Å². The third-order valence-corrected chi connectivity index (χ3v) is 7.10. The van der Waals surface area contributed by atoms with E-state index in [4.69, 9.17) is 19.3 Å². The average molecular weight is 506 g/mol. The summed E-state index contributed by atoms with van der Waals surface area (Å²) in [5.41, 5.74) is 5.24. The zero-order valence-corrected chi connectivity index (χ0v) is 20.9. The first-order valence-electron chi connectivity index (χ1n) is 12.6. The molecule has 1 saturated carbocycles. The molecule has 3 aromatic carbocycles. The van der Waals surface area contributed by atoms with Gasteiger partial charge in [-0.25, -0.2) is 0 Å². The molecule has 1 amide bonds. The number of aliphatic hydroxyl groups excluding tert-OH is 1. The fraction of sp³-hybridized carbons (Fsp3) is 0.333. The van der Waals surface area contributed by atoms with E-state index in [1.54, 1.807) is 12.1 Å². The molecule has 0 bridgehead atoms. The molecule has 0 spiro atoms. The van der Waals surface area contributed by atoms with Crippen LogP contribution in [0, 0.1) is 6.92 Å². The summed E-state index contributed by atoms with van der Waals surface area (Å²) in [5.74, 6) is 1.48. The summed E-state index contributed by atoms with van der Waals surface area (Å²) in [6, 6.07) is 19.4. The number of hydrogen-bond acceptors (Lipinski definition) is 6. The number of carbonyl (C=O) groups excluding carboxylic acids is 2. The van der Waals surface area contributed by atoms with Crippen molar-refractivity contribution in [1.29, 1.82) is 0 Å². The first-order valence-corrected chi connectivity index (χ1v) is 12.6. The molecule has 3 aromatic rings. The molecular weight excluding hydrogens is 470 g/mol. The van der Waals surface area contributed by atoms with Crippen LogP contribution >= 0.6 is 0 Å². The smallest absolute Gasteiger partial charge is 0.251 e. The van der Waals surface area contributed by atoms with E-state index < -0.39 is 5.41 Å². The monoisotopic (exact) mass is 505 g/mol. The number of ketones is 1. The highest BCUT2D eigenvalue weighted by Crippen LogP contribution is 2.51. The molecule has 0 aromatic heterocycles. The Balaban J connectivity index is 0.00000210. The molecule has 1 aliphatic heterocycles. The number of ether oxygens (including phenoxy) is 3. The average Bonchev–Trinajstić information content (AvgIpc) is 3.60. The van der Waals surface area contributed by atoms with Crippen molar-refractivity contribution in [1.82, 2.24) is 5.32 Å². The molecular formula is C30H35NO6. The second-order valence-corrected chi connectivity index (χ2v) is 9.57. The van der Waals surface area contributed by atoms with Crippen molar-refractivity contribution in [2.24, 2.45) is 0 Å². The fourth-order valence-corrected chi connectivity index (χ4v) is 4.80. The number of aliphatic hydroxyl groups is 1. The van der Waals surface area contributed by atoms with E-state index in [1.165, 1.54) is 0 Å². The van der Waals surface area contributed by atoms with Gasteiger partial charge in [-0.3, -0.25) is 9.59 Å². The van der Waals surface area contributed by atoms with E-state index in [1.807, 2.05) is 49.4 Å². The molecule has 7 nitrogen and oxygen atoms in total. The topological polar surface area (TPSA) is 94.1 Å². The summed E-state index contributed by atoms with van der Waals surface area (Å²) >= 11 is 0.